The molecule has 0 spiro atoms. The fourth-order valence-corrected chi connectivity index (χ4v) is 2.55. The smallest absolute Gasteiger partial charge is 0.255 e. The lowest BCUT2D eigenvalue weighted by molar-refractivity contribution is 0.0741. The van der Waals surface area contributed by atoms with Crippen LogP contribution in [0.4, 0.5) is 0 Å². The summed E-state index contributed by atoms with van der Waals surface area (Å²) in [5.41, 5.74) is 6.11. The highest BCUT2D eigenvalue weighted by atomic mass is 35.5. The highest BCUT2D eigenvalue weighted by molar-refractivity contribution is 6.43. The van der Waals surface area contributed by atoms with E-state index in [1.165, 1.54) is 0 Å². The maximum absolute atomic E-state index is 12.3. The van der Waals surface area contributed by atoms with Crippen LogP contribution in [0.15, 0.2) is 18.2 Å². The second kappa shape index (κ2) is 5.25. The number of nitrogens with two attached hydrogens (primary N) is 1. The Bertz CT molecular complexity index is 437. The lowest BCUT2D eigenvalue weighted by Gasteiger charge is -2.24. The van der Waals surface area contributed by atoms with E-state index in [0.29, 0.717) is 22.2 Å². The van der Waals surface area contributed by atoms with Crippen molar-refractivity contribution < 1.29 is 4.79 Å². The molecule has 1 fully saturated rings. The van der Waals surface area contributed by atoms with Crippen LogP contribution >= 0.6 is 23.2 Å². The van der Waals surface area contributed by atoms with E-state index in [9.17, 15) is 4.79 Å². The predicted molar refractivity (Wildman–Crippen MR) is 69.6 cm³/mol. The number of halogens is 2. The molecule has 1 aliphatic heterocycles. The minimum atomic E-state index is -0.0783. The summed E-state index contributed by atoms with van der Waals surface area (Å²) in [6.45, 7) is 1.23. The molecule has 2 N–H and O–H groups in total. The average molecular weight is 273 g/mol. The second-order valence-corrected chi connectivity index (χ2v) is 4.92. The molecule has 1 saturated heterocycles. The minimum absolute atomic E-state index is 0.0783. The molecule has 1 heterocycles. The van der Waals surface area contributed by atoms with Gasteiger partial charge in [-0.25, -0.2) is 0 Å². The van der Waals surface area contributed by atoms with Crippen LogP contribution in [-0.2, 0) is 0 Å². The van der Waals surface area contributed by atoms with Crippen molar-refractivity contribution in [3.63, 3.8) is 0 Å². The molecule has 17 heavy (non-hydrogen) atoms. The van der Waals surface area contributed by atoms with Gasteiger partial charge in [-0.15, -0.1) is 0 Å². The van der Waals surface area contributed by atoms with Crippen molar-refractivity contribution in [1.29, 1.82) is 0 Å². The van der Waals surface area contributed by atoms with E-state index in [0.717, 1.165) is 19.4 Å². The summed E-state index contributed by atoms with van der Waals surface area (Å²) < 4.78 is 0. The summed E-state index contributed by atoms with van der Waals surface area (Å²) in [5, 5.41) is 0.725. The van der Waals surface area contributed by atoms with Crippen molar-refractivity contribution in [3.8, 4) is 0 Å². The van der Waals surface area contributed by atoms with E-state index in [1.807, 2.05) is 0 Å². The first-order chi connectivity index (χ1) is 8.15. The largest absolute Gasteiger partial charge is 0.334 e. The summed E-state index contributed by atoms with van der Waals surface area (Å²) in [7, 11) is 0. The van der Waals surface area contributed by atoms with Gasteiger partial charge in [0.1, 0.15) is 0 Å². The van der Waals surface area contributed by atoms with Gasteiger partial charge in [0, 0.05) is 19.1 Å². The SMILES string of the molecule is NCC1CCCN1C(=O)c1cccc(Cl)c1Cl. The fourth-order valence-electron chi connectivity index (χ4n) is 2.17. The van der Waals surface area contributed by atoms with Crippen molar-refractivity contribution in [2.24, 2.45) is 5.73 Å². The molecular formula is C12H14Cl2N2O. The Morgan fingerprint density at radius 3 is 2.94 bits per heavy atom. The first-order valence-corrected chi connectivity index (χ1v) is 6.35. The Labute approximate surface area is 110 Å². The quantitative estimate of drug-likeness (QED) is 0.900. The van der Waals surface area contributed by atoms with Crippen LogP contribution in [0.5, 0.6) is 0 Å². The highest BCUT2D eigenvalue weighted by Crippen LogP contribution is 2.28. The van der Waals surface area contributed by atoms with E-state index >= 15 is 0 Å². The number of benzene rings is 1. The van der Waals surface area contributed by atoms with E-state index in [4.69, 9.17) is 28.9 Å². The van der Waals surface area contributed by atoms with E-state index in [-0.39, 0.29) is 11.9 Å². The molecule has 1 atom stereocenters. The molecule has 0 aromatic heterocycles. The Hall–Kier alpha value is -0.770. The van der Waals surface area contributed by atoms with Gasteiger partial charge in [-0.05, 0) is 25.0 Å². The molecule has 1 aromatic rings. The van der Waals surface area contributed by atoms with Crippen molar-refractivity contribution in [2.45, 2.75) is 18.9 Å². The molecule has 1 unspecified atom stereocenters. The first-order valence-electron chi connectivity index (χ1n) is 5.60. The Morgan fingerprint density at radius 2 is 2.24 bits per heavy atom. The molecule has 1 aromatic carbocycles. The molecule has 3 nitrogen and oxygen atoms in total. The molecule has 92 valence electrons. The fraction of sp³-hybridized carbons (Fsp3) is 0.417. The monoisotopic (exact) mass is 272 g/mol. The first kappa shape index (κ1) is 12.7. The third-order valence-electron chi connectivity index (χ3n) is 3.09. The lowest BCUT2D eigenvalue weighted by atomic mass is 10.1. The number of hydrogen-bond donors (Lipinski definition) is 1. The van der Waals surface area contributed by atoms with Crippen LogP contribution in [0, 0.1) is 0 Å². The Morgan fingerprint density at radius 1 is 1.47 bits per heavy atom. The van der Waals surface area contributed by atoms with Gasteiger partial charge < -0.3 is 10.6 Å². The van der Waals surface area contributed by atoms with Crippen molar-refractivity contribution in [1.82, 2.24) is 4.90 Å². The standard InChI is InChI=1S/C12H14Cl2N2O/c13-10-5-1-4-9(11(10)14)12(17)16-6-2-3-8(16)7-15/h1,4-5,8H,2-3,6-7,15H2. The second-order valence-electron chi connectivity index (χ2n) is 4.13. The van der Waals surface area contributed by atoms with Crippen molar-refractivity contribution in [3.05, 3.63) is 33.8 Å². The van der Waals surface area contributed by atoms with E-state index in [2.05, 4.69) is 0 Å². The molecular weight excluding hydrogens is 259 g/mol. The van der Waals surface area contributed by atoms with Gasteiger partial charge in [0.25, 0.3) is 5.91 Å². The summed E-state index contributed by atoms with van der Waals surface area (Å²) >= 11 is 12.0. The summed E-state index contributed by atoms with van der Waals surface area (Å²) in [6.07, 6.45) is 1.95. The number of rotatable bonds is 2. The molecule has 5 heteroatoms. The van der Waals surface area contributed by atoms with Gasteiger partial charge in [-0.2, -0.15) is 0 Å². The van der Waals surface area contributed by atoms with Gasteiger partial charge >= 0.3 is 0 Å². The molecule has 0 saturated carbocycles. The van der Waals surface area contributed by atoms with Crippen LogP contribution in [0.25, 0.3) is 0 Å². The van der Waals surface area contributed by atoms with Crippen LogP contribution in [0.2, 0.25) is 10.0 Å². The maximum Gasteiger partial charge on any atom is 0.255 e. The lowest BCUT2D eigenvalue weighted by Crippen LogP contribution is -2.40. The summed E-state index contributed by atoms with van der Waals surface area (Å²) in [6, 6.07) is 5.22. The van der Waals surface area contributed by atoms with Gasteiger partial charge in [-0.1, -0.05) is 29.3 Å². The van der Waals surface area contributed by atoms with Gasteiger partial charge in [0.15, 0.2) is 0 Å². The predicted octanol–water partition coefficient (Wildman–Crippen LogP) is 2.56. The van der Waals surface area contributed by atoms with E-state index < -0.39 is 0 Å². The highest BCUT2D eigenvalue weighted by Gasteiger charge is 2.29. The number of likely N-dealkylation sites (tertiary alicyclic amines) is 1. The maximum atomic E-state index is 12.3. The molecule has 0 radical (unpaired) electrons. The number of nitrogens with zero attached hydrogens (tertiary/aromatic N) is 1. The topological polar surface area (TPSA) is 46.3 Å². The zero-order valence-electron chi connectivity index (χ0n) is 9.33. The summed E-state index contributed by atoms with van der Waals surface area (Å²) in [5.74, 6) is -0.0783. The van der Waals surface area contributed by atoms with Crippen LogP contribution < -0.4 is 5.73 Å². The summed E-state index contributed by atoms with van der Waals surface area (Å²) in [4.78, 5) is 14.1. The van der Waals surface area contributed by atoms with Crippen LogP contribution in [-0.4, -0.2) is 29.9 Å². The molecule has 2 rings (SSSR count). The number of carbonyl (C=O) groups excluding carboxylic acids is 1. The third kappa shape index (κ3) is 2.41. The Kier molecular flexibility index (Phi) is 3.92. The number of hydrogen-bond acceptors (Lipinski definition) is 2. The van der Waals surface area contributed by atoms with E-state index in [1.54, 1.807) is 23.1 Å². The zero-order valence-corrected chi connectivity index (χ0v) is 10.8. The van der Waals surface area contributed by atoms with Crippen molar-refractivity contribution >= 4 is 29.1 Å². The molecule has 1 aliphatic rings. The number of carbonyl (C=O) groups is 1. The minimum Gasteiger partial charge on any atom is -0.334 e. The molecule has 0 aliphatic carbocycles. The van der Waals surface area contributed by atoms with Gasteiger partial charge in [-0.3, -0.25) is 4.79 Å². The third-order valence-corrected chi connectivity index (χ3v) is 3.91. The van der Waals surface area contributed by atoms with Crippen LogP contribution in [0.3, 0.4) is 0 Å². The number of amides is 1. The molecule has 1 amide bonds. The normalized spacial score (nSPS) is 19.7. The van der Waals surface area contributed by atoms with Gasteiger partial charge in [0.05, 0.1) is 15.6 Å². The van der Waals surface area contributed by atoms with Gasteiger partial charge in [0.2, 0.25) is 0 Å². The van der Waals surface area contributed by atoms with Crippen molar-refractivity contribution in [2.75, 3.05) is 13.1 Å². The average Bonchev–Trinajstić information content (AvgIpc) is 2.80. The molecule has 0 bridgehead atoms. The van der Waals surface area contributed by atoms with Crippen LogP contribution in [0.1, 0.15) is 23.2 Å². The Balaban J connectivity index is 2.28. The zero-order chi connectivity index (χ0) is 12.4.